The van der Waals surface area contributed by atoms with Crippen LogP contribution in [0.15, 0.2) is 42.5 Å². The van der Waals surface area contributed by atoms with E-state index in [1.54, 1.807) is 18.2 Å². The van der Waals surface area contributed by atoms with Crippen LogP contribution in [0.3, 0.4) is 0 Å². The van der Waals surface area contributed by atoms with Crippen molar-refractivity contribution in [3.8, 4) is 5.75 Å². The van der Waals surface area contributed by atoms with Gasteiger partial charge in [-0.3, -0.25) is 19.8 Å². The number of benzene rings is 1. The van der Waals surface area contributed by atoms with Gasteiger partial charge in [-0.2, -0.15) is 0 Å². The number of hydrogen-bond donors (Lipinski definition) is 1. The first-order chi connectivity index (χ1) is 11.4. The maximum atomic E-state index is 12.4. The van der Waals surface area contributed by atoms with Crippen LogP contribution in [0.5, 0.6) is 5.75 Å². The third-order valence-electron chi connectivity index (χ3n) is 3.02. The Kier molecular flexibility index (Phi) is 5.43. The molecule has 1 aromatic carbocycles. The van der Waals surface area contributed by atoms with Crippen LogP contribution in [0.25, 0.3) is 6.08 Å². The summed E-state index contributed by atoms with van der Waals surface area (Å²) in [4.78, 5) is 36.0. The van der Waals surface area contributed by atoms with Gasteiger partial charge in [-0.25, -0.2) is 0 Å². The van der Waals surface area contributed by atoms with Crippen molar-refractivity contribution < 1.29 is 24.2 Å². The van der Waals surface area contributed by atoms with Crippen molar-refractivity contribution in [3.63, 3.8) is 0 Å². The Balaban J connectivity index is 2.28. The first-order valence-corrected chi connectivity index (χ1v) is 7.25. The average molecular weight is 345 g/mol. The fourth-order valence-corrected chi connectivity index (χ4v) is 2.24. The van der Waals surface area contributed by atoms with Crippen molar-refractivity contribution in [2.24, 2.45) is 0 Å². The Morgan fingerprint density at radius 2 is 2.17 bits per heavy atom. The van der Waals surface area contributed by atoms with Crippen LogP contribution in [0.1, 0.15) is 5.56 Å². The Bertz CT molecular complexity index is 757. The molecule has 2 amide bonds. The zero-order valence-electron chi connectivity index (χ0n) is 12.5. The number of hydrogen-bond acceptors (Lipinski definition) is 6. The fourth-order valence-electron chi connectivity index (χ4n) is 1.99. The molecule has 1 saturated heterocycles. The van der Waals surface area contributed by atoms with Gasteiger partial charge in [-0.05, 0) is 36.0 Å². The predicted octanol–water partition coefficient (Wildman–Crippen LogP) is -0.372. The van der Waals surface area contributed by atoms with Crippen molar-refractivity contribution in [3.05, 3.63) is 48.1 Å². The number of carbonyl (C=O) groups excluding carboxylic acids is 3. The summed E-state index contributed by atoms with van der Waals surface area (Å²) in [6, 6.07) is 6.30. The molecule has 1 aliphatic heterocycles. The highest BCUT2D eigenvalue weighted by molar-refractivity contribution is 7.80. The maximum Gasteiger partial charge on any atom is 0.265 e. The molecular formula is C16H13N2O5S-. The van der Waals surface area contributed by atoms with Gasteiger partial charge >= 0.3 is 0 Å². The molecule has 0 aliphatic carbocycles. The molecule has 1 heterocycles. The van der Waals surface area contributed by atoms with Crippen molar-refractivity contribution in [2.45, 2.75) is 0 Å². The number of carboxylic acid groups (broad SMARTS) is 1. The molecule has 2 rings (SSSR count). The third-order valence-corrected chi connectivity index (χ3v) is 3.35. The molecular weight excluding hydrogens is 332 g/mol. The van der Waals surface area contributed by atoms with Gasteiger partial charge in [0.05, 0.1) is 5.97 Å². The number of rotatable bonds is 6. The van der Waals surface area contributed by atoms with Crippen LogP contribution in [-0.2, 0) is 14.4 Å². The third kappa shape index (κ3) is 4.05. The zero-order chi connectivity index (χ0) is 17.7. The molecule has 0 radical (unpaired) electrons. The predicted molar refractivity (Wildman–Crippen MR) is 87.6 cm³/mol. The lowest BCUT2D eigenvalue weighted by Crippen LogP contribution is -2.53. The minimum absolute atomic E-state index is 0.0214. The van der Waals surface area contributed by atoms with Crippen LogP contribution >= 0.6 is 12.2 Å². The summed E-state index contributed by atoms with van der Waals surface area (Å²) < 4.78 is 5.01. The van der Waals surface area contributed by atoms with Crippen molar-refractivity contribution in [2.75, 3.05) is 13.2 Å². The summed E-state index contributed by atoms with van der Waals surface area (Å²) in [6.45, 7) is 3.12. The molecule has 1 aliphatic rings. The van der Waals surface area contributed by atoms with Gasteiger partial charge in [-0.1, -0.05) is 18.2 Å². The molecule has 0 bridgehead atoms. The normalized spacial score (nSPS) is 16.1. The Morgan fingerprint density at radius 3 is 2.83 bits per heavy atom. The maximum absolute atomic E-state index is 12.4. The highest BCUT2D eigenvalue weighted by Gasteiger charge is 2.32. The van der Waals surface area contributed by atoms with Crippen LogP contribution in [-0.4, -0.2) is 40.9 Å². The van der Waals surface area contributed by atoms with E-state index >= 15 is 0 Å². The molecule has 24 heavy (non-hydrogen) atoms. The van der Waals surface area contributed by atoms with Gasteiger partial charge < -0.3 is 14.6 Å². The van der Waals surface area contributed by atoms with Crippen LogP contribution in [0.2, 0.25) is 0 Å². The van der Waals surface area contributed by atoms with Crippen molar-refractivity contribution in [1.29, 1.82) is 0 Å². The largest absolute Gasteiger partial charge is 0.546 e. The Hall–Kier alpha value is -3.00. The first-order valence-electron chi connectivity index (χ1n) is 6.85. The average Bonchev–Trinajstić information content (AvgIpc) is 2.54. The number of amides is 2. The first kappa shape index (κ1) is 17.4. The molecule has 0 aromatic heterocycles. The molecule has 1 fully saturated rings. The quantitative estimate of drug-likeness (QED) is 0.327. The number of ether oxygens (including phenoxy) is 1. The van der Waals surface area contributed by atoms with E-state index in [9.17, 15) is 19.5 Å². The number of carboxylic acids is 1. The van der Waals surface area contributed by atoms with E-state index in [0.29, 0.717) is 5.56 Å². The van der Waals surface area contributed by atoms with Gasteiger partial charge in [0.1, 0.15) is 17.9 Å². The second-order valence-corrected chi connectivity index (χ2v) is 5.14. The van der Waals surface area contributed by atoms with Gasteiger partial charge in [0.25, 0.3) is 11.8 Å². The standard InChI is InChI=1S/C16H14N2O5S/c1-2-6-18-15(22)12(14(21)17-16(18)24)8-10-4-3-5-11(7-10)23-9-13(19)20/h2-5,7-8H,1,6,9H2,(H,19,20)(H,17,21,24)/p-1/b12-8-. The van der Waals surface area contributed by atoms with Crippen LogP contribution in [0.4, 0.5) is 0 Å². The summed E-state index contributed by atoms with van der Waals surface area (Å²) >= 11 is 4.96. The number of aliphatic carboxylic acids is 1. The lowest BCUT2D eigenvalue weighted by Gasteiger charge is -2.27. The summed E-state index contributed by atoms with van der Waals surface area (Å²) in [5, 5.41) is 12.9. The van der Waals surface area contributed by atoms with E-state index < -0.39 is 24.4 Å². The fraction of sp³-hybridized carbons (Fsp3) is 0.125. The molecule has 0 spiro atoms. The molecule has 124 valence electrons. The van der Waals surface area contributed by atoms with Gasteiger partial charge in [0.15, 0.2) is 5.11 Å². The number of carbonyl (C=O) groups is 3. The minimum atomic E-state index is -1.35. The molecule has 7 nitrogen and oxygen atoms in total. The summed E-state index contributed by atoms with van der Waals surface area (Å²) in [6.07, 6.45) is 2.87. The lowest BCUT2D eigenvalue weighted by molar-refractivity contribution is -0.307. The SMILES string of the molecule is C=CCN1C(=O)/C(=C\c2cccc(OCC(=O)[O-])c2)C(=O)NC1=S. The highest BCUT2D eigenvalue weighted by Crippen LogP contribution is 2.18. The Morgan fingerprint density at radius 1 is 1.42 bits per heavy atom. The van der Waals surface area contributed by atoms with Gasteiger partial charge in [0, 0.05) is 6.54 Å². The number of thiocarbonyl (C=S) groups is 1. The summed E-state index contributed by atoms with van der Waals surface area (Å²) in [5.41, 5.74) is 0.401. The number of nitrogens with one attached hydrogen (secondary N) is 1. The Labute approximate surface area is 143 Å². The van der Waals surface area contributed by atoms with E-state index in [4.69, 9.17) is 17.0 Å². The molecule has 8 heteroatoms. The van der Waals surface area contributed by atoms with Crippen molar-refractivity contribution >= 4 is 41.2 Å². The molecule has 0 saturated carbocycles. The highest BCUT2D eigenvalue weighted by atomic mass is 32.1. The summed E-state index contributed by atoms with van der Waals surface area (Å²) in [5.74, 6) is -2.22. The van der Waals surface area contributed by atoms with Gasteiger partial charge in [0.2, 0.25) is 0 Å². The smallest absolute Gasteiger partial charge is 0.265 e. The van der Waals surface area contributed by atoms with Gasteiger partial charge in [-0.15, -0.1) is 6.58 Å². The van der Waals surface area contributed by atoms with Crippen LogP contribution < -0.4 is 15.2 Å². The van der Waals surface area contributed by atoms with E-state index in [2.05, 4.69) is 11.9 Å². The molecule has 0 atom stereocenters. The minimum Gasteiger partial charge on any atom is -0.546 e. The monoisotopic (exact) mass is 345 g/mol. The number of nitrogens with zero attached hydrogens (tertiary/aromatic N) is 1. The van der Waals surface area contributed by atoms with E-state index in [-0.39, 0.29) is 23.0 Å². The van der Waals surface area contributed by atoms with E-state index in [1.165, 1.54) is 23.1 Å². The van der Waals surface area contributed by atoms with Crippen molar-refractivity contribution in [1.82, 2.24) is 10.2 Å². The summed E-state index contributed by atoms with van der Waals surface area (Å²) in [7, 11) is 0. The molecule has 1 N–H and O–H groups in total. The zero-order valence-corrected chi connectivity index (χ0v) is 13.3. The lowest BCUT2D eigenvalue weighted by atomic mass is 10.1. The topological polar surface area (TPSA) is 98.8 Å². The van der Waals surface area contributed by atoms with Crippen LogP contribution in [0, 0.1) is 0 Å². The second kappa shape index (κ2) is 7.51. The molecule has 0 unspecified atom stereocenters. The van der Waals surface area contributed by atoms with E-state index in [0.717, 1.165) is 0 Å². The van der Waals surface area contributed by atoms with E-state index in [1.807, 2.05) is 0 Å². The second-order valence-electron chi connectivity index (χ2n) is 4.75. The molecule has 1 aromatic rings.